The van der Waals surface area contributed by atoms with E-state index in [1.165, 1.54) is 24.3 Å². The fourth-order valence-corrected chi connectivity index (χ4v) is 3.25. The minimum Gasteiger partial charge on any atom is -0.497 e. The molecule has 0 bridgehead atoms. The van der Waals surface area contributed by atoms with Crippen LogP contribution in [0.15, 0.2) is 66.7 Å². The predicted octanol–water partition coefficient (Wildman–Crippen LogP) is 5.13. The predicted molar refractivity (Wildman–Crippen MR) is 96.0 cm³/mol. The van der Waals surface area contributed by atoms with E-state index in [0.717, 1.165) is 5.56 Å². The highest BCUT2D eigenvalue weighted by atomic mass is 19.1. The van der Waals surface area contributed by atoms with Gasteiger partial charge in [0.15, 0.2) is 5.78 Å². The Kier molecular flexibility index (Phi) is 3.88. The third-order valence-corrected chi connectivity index (χ3v) is 4.48. The monoisotopic (exact) mass is 348 g/mol. The summed E-state index contributed by atoms with van der Waals surface area (Å²) < 4.78 is 32.0. The average Bonchev–Trinajstić information content (AvgIpc) is 2.95. The van der Waals surface area contributed by atoms with Crippen molar-refractivity contribution in [1.29, 1.82) is 0 Å². The van der Waals surface area contributed by atoms with Crippen molar-refractivity contribution in [3.05, 3.63) is 101 Å². The van der Waals surface area contributed by atoms with Gasteiger partial charge in [0, 0.05) is 16.7 Å². The van der Waals surface area contributed by atoms with Gasteiger partial charge in [-0.2, -0.15) is 0 Å². The minimum atomic E-state index is -0.373. The Morgan fingerprint density at radius 2 is 1.23 bits per heavy atom. The first-order valence-corrected chi connectivity index (χ1v) is 8.08. The molecular formula is C22H14F2O2. The zero-order chi connectivity index (χ0) is 18.3. The molecule has 0 fully saturated rings. The maximum atomic E-state index is 13.4. The Morgan fingerprint density at radius 1 is 0.692 bits per heavy atom. The first kappa shape index (κ1) is 16.2. The van der Waals surface area contributed by atoms with Gasteiger partial charge < -0.3 is 4.74 Å². The van der Waals surface area contributed by atoms with Crippen LogP contribution in [0.4, 0.5) is 8.78 Å². The standard InChI is InChI=1S/C22H14F2O2/c1-26-17-10-11-18-19(12-17)20(13-2-6-15(23)7-3-13)21(22(18)25)14-4-8-16(24)9-5-14/h2-12H,1H3. The number of benzene rings is 3. The summed E-state index contributed by atoms with van der Waals surface area (Å²) in [5.74, 6) is -0.250. The summed E-state index contributed by atoms with van der Waals surface area (Å²) in [6.45, 7) is 0. The normalized spacial score (nSPS) is 13.1. The fraction of sp³-hybridized carbons (Fsp3) is 0.0455. The summed E-state index contributed by atoms with van der Waals surface area (Å²) in [5.41, 5.74) is 3.76. The molecule has 0 radical (unpaired) electrons. The van der Waals surface area contributed by atoms with E-state index in [1.54, 1.807) is 49.6 Å². The van der Waals surface area contributed by atoms with Gasteiger partial charge in [-0.25, -0.2) is 8.78 Å². The number of carbonyl (C=O) groups excluding carboxylic acids is 1. The maximum absolute atomic E-state index is 13.4. The number of Topliss-reactive ketones (excluding diaryl/α,β-unsaturated/α-hetero) is 1. The lowest BCUT2D eigenvalue weighted by Gasteiger charge is -2.10. The van der Waals surface area contributed by atoms with Crippen molar-refractivity contribution in [2.24, 2.45) is 0 Å². The largest absolute Gasteiger partial charge is 0.497 e. The number of halogens is 2. The summed E-state index contributed by atoms with van der Waals surface area (Å²) >= 11 is 0. The molecule has 0 spiro atoms. The zero-order valence-corrected chi connectivity index (χ0v) is 13.9. The Hall–Kier alpha value is -3.27. The molecule has 2 nitrogen and oxygen atoms in total. The van der Waals surface area contributed by atoms with Crippen LogP contribution in [-0.2, 0) is 0 Å². The Bertz CT molecular complexity index is 1030. The third-order valence-electron chi connectivity index (χ3n) is 4.48. The van der Waals surface area contributed by atoms with Crippen molar-refractivity contribution in [3.63, 3.8) is 0 Å². The van der Waals surface area contributed by atoms with Gasteiger partial charge in [0.05, 0.1) is 7.11 Å². The second-order valence-corrected chi connectivity index (χ2v) is 6.00. The van der Waals surface area contributed by atoms with Crippen molar-refractivity contribution < 1.29 is 18.3 Å². The number of allylic oxidation sites excluding steroid dienone is 1. The van der Waals surface area contributed by atoms with Gasteiger partial charge in [0.2, 0.25) is 0 Å². The fourth-order valence-electron chi connectivity index (χ4n) is 3.25. The molecule has 0 heterocycles. The van der Waals surface area contributed by atoms with E-state index < -0.39 is 0 Å². The van der Waals surface area contributed by atoms with Crippen LogP contribution in [0.3, 0.4) is 0 Å². The van der Waals surface area contributed by atoms with Crippen molar-refractivity contribution in [1.82, 2.24) is 0 Å². The highest BCUT2D eigenvalue weighted by Gasteiger charge is 2.31. The molecule has 0 aliphatic heterocycles. The summed E-state index contributed by atoms with van der Waals surface area (Å²) in [7, 11) is 1.56. The Morgan fingerprint density at radius 3 is 1.77 bits per heavy atom. The first-order valence-electron chi connectivity index (χ1n) is 8.08. The van der Waals surface area contributed by atoms with E-state index in [2.05, 4.69) is 0 Å². The quantitative estimate of drug-likeness (QED) is 0.656. The van der Waals surface area contributed by atoms with Gasteiger partial charge in [0.25, 0.3) is 0 Å². The third kappa shape index (κ3) is 2.60. The van der Waals surface area contributed by atoms with Crippen molar-refractivity contribution >= 4 is 16.9 Å². The number of ether oxygens (including phenoxy) is 1. The van der Waals surface area contributed by atoms with Gasteiger partial charge in [0.1, 0.15) is 17.4 Å². The SMILES string of the molecule is COc1ccc2c(c1)C(c1ccc(F)cc1)=C(c1ccc(F)cc1)C2=O. The van der Waals surface area contributed by atoms with E-state index in [1.807, 2.05) is 0 Å². The molecule has 0 amide bonds. The number of rotatable bonds is 3. The van der Waals surface area contributed by atoms with E-state index in [0.29, 0.717) is 33.6 Å². The van der Waals surface area contributed by atoms with Crippen molar-refractivity contribution in [2.45, 2.75) is 0 Å². The van der Waals surface area contributed by atoms with Gasteiger partial charge >= 0.3 is 0 Å². The van der Waals surface area contributed by atoms with Crippen LogP contribution in [-0.4, -0.2) is 12.9 Å². The molecule has 26 heavy (non-hydrogen) atoms. The molecule has 1 aliphatic rings. The first-order chi connectivity index (χ1) is 12.6. The molecule has 0 unspecified atom stereocenters. The highest BCUT2D eigenvalue weighted by molar-refractivity contribution is 6.41. The Labute approximate surface area is 149 Å². The Balaban J connectivity index is 2.01. The number of carbonyl (C=O) groups is 1. The van der Waals surface area contributed by atoms with Crippen molar-refractivity contribution in [2.75, 3.05) is 7.11 Å². The lowest BCUT2D eigenvalue weighted by atomic mass is 9.94. The van der Waals surface area contributed by atoms with Gasteiger partial charge in [-0.1, -0.05) is 24.3 Å². The van der Waals surface area contributed by atoms with Gasteiger partial charge in [-0.3, -0.25) is 4.79 Å². The maximum Gasteiger partial charge on any atom is 0.194 e. The van der Waals surface area contributed by atoms with E-state index >= 15 is 0 Å². The molecule has 3 aromatic rings. The van der Waals surface area contributed by atoms with E-state index in [-0.39, 0.29) is 17.4 Å². The van der Waals surface area contributed by atoms with Crippen LogP contribution in [0.1, 0.15) is 27.0 Å². The van der Waals surface area contributed by atoms with E-state index in [9.17, 15) is 13.6 Å². The zero-order valence-electron chi connectivity index (χ0n) is 13.9. The van der Waals surface area contributed by atoms with Crippen molar-refractivity contribution in [3.8, 4) is 5.75 Å². The molecule has 1 aliphatic carbocycles. The second kappa shape index (κ2) is 6.23. The lowest BCUT2D eigenvalue weighted by Crippen LogP contribution is -1.98. The second-order valence-electron chi connectivity index (χ2n) is 6.00. The summed E-state index contributed by atoms with van der Waals surface area (Å²) in [6.07, 6.45) is 0. The summed E-state index contributed by atoms with van der Waals surface area (Å²) in [5, 5.41) is 0. The van der Waals surface area contributed by atoms with Crippen LogP contribution in [0.5, 0.6) is 5.75 Å². The highest BCUT2D eigenvalue weighted by Crippen LogP contribution is 2.43. The molecule has 4 heteroatoms. The molecular weight excluding hydrogens is 334 g/mol. The molecule has 0 saturated carbocycles. The molecule has 128 valence electrons. The van der Waals surface area contributed by atoms with Crippen LogP contribution in [0.25, 0.3) is 11.1 Å². The topological polar surface area (TPSA) is 26.3 Å². The summed E-state index contributed by atoms with van der Waals surface area (Å²) in [4.78, 5) is 13.1. The lowest BCUT2D eigenvalue weighted by molar-refractivity contribution is 0.105. The summed E-state index contributed by atoms with van der Waals surface area (Å²) in [6, 6.07) is 17.0. The number of hydrogen-bond acceptors (Lipinski definition) is 2. The van der Waals surface area contributed by atoms with Crippen LogP contribution in [0.2, 0.25) is 0 Å². The van der Waals surface area contributed by atoms with Crippen LogP contribution >= 0.6 is 0 Å². The number of fused-ring (bicyclic) bond motifs is 1. The average molecular weight is 348 g/mol. The van der Waals surface area contributed by atoms with Crippen LogP contribution in [0, 0.1) is 11.6 Å². The molecule has 0 aromatic heterocycles. The smallest absolute Gasteiger partial charge is 0.194 e. The van der Waals surface area contributed by atoms with E-state index in [4.69, 9.17) is 4.74 Å². The molecule has 0 saturated heterocycles. The minimum absolute atomic E-state index is 0.145. The molecule has 0 atom stereocenters. The number of methoxy groups -OCH3 is 1. The number of hydrogen-bond donors (Lipinski definition) is 0. The van der Waals surface area contributed by atoms with Crippen LogP contribution < -0.4 is 4.74 Å². The molecule has 4 rings (SSSR count). The van der Waals surface area contributed by atoms with Gasteiger partial charge in [-0.15, -0.1) is 0 Å². The molecule has 0 N–H and O–H groups in total. The molecule has 3 aromatic carbocycles. The number of ketones is 1. The van der Waals surface area contributed by atoms with Gasteiger partial charge in [-0.05, 0) is 59.2 Å².